The van der Waals surface area contributed by atoms with Gasteiger partial charge in [0, 0.05) is 12.6 Å². The van der Waals surface area contributed by atoms with Crippen molar-refractivity contribution in [3.8, 4) is 0 Å². The Balaban J connectivity index is 2.07. The molecular formula is C10H13N5O5S. The molecule has 2 rings (SSSR count). The number of hydrogen-bond donors (Lipinski definition) is 1. The van der Waals surface area contributed by atoms with Gasteiger partial charge < -0.3 is 9.15 Å². The van der Waals surface area contributed by atoms with Crippen LogP contribution in [0.4, 0.5) is 0 Å². The maximum absolute atomic E-state index is 12.0. The summed E-state index contributed by atoms with van der Waals surface area (Å²) in [5, 5.41) is 10.5. The fourth-order valence-electron chi connectivity index (χ4n) is 1.54. The third-order valence-electron chi connectivity index (χ3n) is 2.56. The van der Waals surface area contributed by atoms with Crippen LogP contribution in [-0.4, -0.2) is 48.2 Å². The van der Waals surface area contributed by atoms with Crippen LogP contribution < -0.4 is 4.72 Å². The van der Waals surface area contributed by atoms with Crippen molar-refractivity contribution in [3.05, 3.63) is 23.7 Å². The van der Waals surface area contributed by atoms with Crippen LogP contribution in [0.25, 0.3) is 0 Å². The van der Waals surface area contributed by atoms with Gasteiger partial charge in [0.15, 0.2) is 6.33 Å². The van der Waals surface area contributed by atoms with E-state index in [4.69, 9.17) is 4.42 Å². The third kappa shape index (κ3) is 3.44. The molecule has 11 heteroatoms. The summed E-state index contributed by atoms with van der Waals surface area (Å²) in [6.07, 6.45) is 1.24. The first-order valence-corrected chi connectivity index (χ1v) is 7.31. The zero-order chi connectivity index (χ0) is 15.5. The quantitative estimate of drug-likeness (QED) is 0.695. The number of nitrogens with one attached hydrogen (secondary N) is 1. The van der Waals surface area contributed by atoms with Crippen molar-refractivity contribution in [2.24, 2.45) is 0 Å². The van der Waals surface area contributed by atoms with Gasteiger partial charge >= 0.3 is 5.97 Å². The van der Waals surface area contributed by atoms with E-state index in [0.717, 1.165) is 6.07 Å². The first kappa shape index (κ1) is 15.1. The van der Waals surface area contributed by atoms with E-state index < -0.39 is 16.0 Å². The van der Waals surface area contributed by atoms with E-state index in [1.54, 1.807) is 0 Å². The Morgan fingerprint density at radius 3 is 2.90 bits per heavy atom. The summed E-state index contributed by atoms with van der Waals surface area (Å²) in [7, 11) is -2.67. The number of methoxy groups -OCH3 is 1. The van der Waals surface area contributed by atoms with Crippen molar-refractivity contribution in [3.63, 3.8) is 0 Å². The van der Waals surface area contributed by atoms with Crippen LogP contribution in [0.1, 0.15) is 16.1 Å². The monoisotopic (exact) mass is 315 g/mol. The van der Waals surface area contributed by atoms with Crippen molar-refractivity contribution >= 4 is 16.0 Å². The average Bonchev–Trinajstić information content (AvgIpc) is 3.07. The second-order valence-corrected chi connectivity index (χ2v) is 5.65. The molecular weight excluding hydrogens is 302 g/mol. The highest BCUT2D eigenvalue weighted by molar-refractivity contribution is 7.89. The summed E-state index contributed by atoms with van der Waals surface area (Å²) < 4.78 is 36.0. The Morgan fingerprint density at radius 1 is 1.52 bits per heavy atom. The molecule has 0 bridgehead atoms. The Morgan fingerprint density at radius 2 is 2.29 bits per heavy atom. The highest BCUT2D eigenvalue weighted by atomic mass is 32.2. The zero-order valence-corrected chi connectivity index (χ0v) is 12.1. The van der Waals surface area contributed by atoms with Gasteiger partial charge in [-0.2, -0.15) is 4.80 Å². The Hall–Kier alpha value is -2.27. The number of sulfonamides is 1. The van der Waals surface area contributed by atoms with E-state index in [0.29, 0.717) is 0 Å². The number of tetrazole rings is 1. The number of furan rings is 1. The molecule has 1 N–H and O–H groups in total. The molecule has 114 valence electrons. The molecule has 0 spiro atoms. The molecule has 0 aromatic carbocycles. The van der Waals surface area contributed by atoms with Crippen molar-refractivity contribution in [2.45, 2.75) is 18.6 Å². The lowest BCUT2D eigenvalue weighted by molar-refractivity contribution is 0.0599. The molecule has 21 heavy (non-hydrogen) atoms. The molecule has 0 atom stereocenters. The number of aryl methyl sites for hydroxylation is 1. The number of carbonyl (C=O) groups excluding carboxylic acids is 1. The summed E-state index contributed by atoms with van der Waals surface area (Å²) >= 11 is 0. The van der Waals surface area contributed by atoms with Gasteiger partial charge in [0.25, 0.3) is 10.0 Å². The number of esters is 1. The van der Waals surface area contributed by atoms with Crippen molar-refractivity contribution < 1.29 is 22.4 Å². The van der Waals surface area contributed by atoms with Gasteiger partial charge in [-0.15, -0.1) is 10.2 Å². The van der Waals surface area contributed by atoms with E-state index in [1.165, 1.54) is 25.2 Å². The molecule has 2 heterocycles. The molecule has 0 aliphatic rings. The Bertz CT molecular complexity index is 721. The van der Waals surface area contributed by atoms with Gasteiger partial charge in [-0.05, 0) is 12.1 Å². The number of hydrogen-bond acceptors (Lipinski definition) is 8. The van der Waals surface area contributed by atoms with Crippen molar-refractivity contribution in [1.82, 2.24) is 24.9 Å². The van der Waals surface area contributed by atoms with Gasteiger partial charge in [0.2, 0.25) is 5.09 Å². The maximum Gasteiger partial charge on any atom is 0.341 e. The standard InChI is InChI=1S/C10H13N5O5S/c1-7-8(10(16)19-2)5-9(20-7)21(17,18)13-3-4-15-12-6-11-14-15/h5-6,13H,3-4H2,1-2H3. The summed E-state index contributed by atoms with van der Waals surface area (Å²) in [5.74, 6) is -0.496. The van der Waals surface area contributed by atoms with E-state index in [9.17, 15) is 13.2 Å². The zero-order valence-electron chi connectivity index (χ0n) is 11.3. The molecule has 0 amide bonds. The molecule has 0 unspecified atom stereocenters. The first-order chi connectivity index (χ1) is 9.94. The lowest BCUT2D eigenvalue weighted by Gasteiger charge is -2.02. The summed E-state index contributed by atoms with van der Waals surface area (Å²) in [6.45, 7) is 1.74. The van der Waals surface area contributed by atoms with Crippen molar-refractivity contribution in [1.29, 1.82) is 0 Å². The number of ether oxygens (including phenoxy) is 1. The number of nitrogens with zero attached hydrogens (tertiary/aromatic N) is 4. The van der Waals surface area contributed by atoms with E-state index in [2.05, 4.69) is 24.9 Å². The maximum atomic E-state index is 12.0. The van der Waals surface area contributed by atoms with Crippen molar-refractivity contribution in [2.75, 3.05) is 13.7 Å². The SMILES string of the molecule is COC(=O)c1cc(S(=O)(=O)NCCn2ncnn2)oc1C. The molecule has 0 aliphatic heterocycles. The lowest BCUT2D eigenvalue weighted by Crippen LogP contribution is -2.27. The van der Waals surface area contributed by atoms with Crippen LogP contribution in [0.15, 0.2) is 21.9 Å². The minimum absolute atomic E-state index is 0.0476. The number of aromatic nitrogens is 4. The van der Waals surface area contributed by atoms with Gasteiger partial charge in [-0.3, -0.25) is 0 Å². The minimum Gasteiger partial charge on any atom is -0.465 e. The number of rotatable bonds is 6. The average molecular weight is 315 g/mol. The molecule has 0 saturated heterocycles. The highest BCUT2D eigenvalue weighted by Gasteiger charge is 2.23. The second-order valence-electron chi connectivity index (χ2n) is 3.96. The van der Waals surface area contributed by atoms with Crippen LogP contribution >= 0.6 is 0 Å². The van der Waals surface area contributed by atoms with E-state index in [-0.39, 0.29) is 29.5 Å². The van der Waals surface area contributed by atoms with Gasteiger partial charge in [-0.25, -0.2) is 17.9 Å². The summed E-state index contributed by atoms with van der Waals surface area (Å²) in [4.78, 5) is 12.7. The van der Waals surface area contributed by atoms with Gasteiger partial charge in [0.05, 0.1) is 13.7 Å². The number of carbonyl (C=O) groups is 1. The second kappa shape index (κ2) is 6.01. The fraction of sp³-hybridized carbons (Fsp3) is 0.400. The predicted molar refractivity (Wildman–Crippen MR) is 67.8 cm³/mol. The van der Waals surface area contributed by atoms with Gasteiger partial charge in [-0.1, -0.05) is 0 Å². The first-order valence-electron chi connectivity index (χ1n) is 5.83. The molecule has 0 saturated carbocycles. The highest BCUT2D eigenvalue weighted by Crippen LogP contribution is 2.19. The smallest absolute Gasteiger partial charge is 0.341 e. The molecule has 2 aromatic heterocycles. The van der Waals surface area contributed by atoms with E-state index in [1.807, 2.05) is 0 Å². The minimum atomic E-state index is -3.87. The molecule has 10 nitrogen and oxygen atoms in total. The topological polar surface area (TPSA) is 129 Å². The van der Waals surface area contributed by atoms with Crippen LogP contribution in [0, 0.1) is 6.92 Å². The summed E-state index contributed by atoms with van der Waals surface area (Å²) in [6, 6.07) is 1.12. The van der Waals surface area contributed by atoms with Gasteiger partial charge in [0.1, 0.15) is 11.3 Å². The molecule has 0 fully saturated rings. The third-order valence-corrected chi connectivity index (χ3v) is 3.88. The molecule has 0 aliphatic carbocycles. The largest absolute Gasteiger partial charge is 0.465 e. The molecule has 2 aromatic rings. The Labute approximate surface area is 120 Å². The van der Waals surface area contributed by atoms with Crippen LogP contribution in [0.5, 0.6) is 0 Å². The van der Waals surface area contributed by atoms with Crippen LogP contribution in [0.3, 0.4) is 0 Å². The normalized spacial score (nSPS) is 11.5. The van der Waals surface area contributed by atoms with Crippen LogP contribution in [-0.2, 0) is 21.3 Å². The molecule has 0 radical (unpaired) electrons. The summed E-state index contributed by atoms with van der Waals surface area (Å²) in [5.41, 5.74) is 0.0656. The lowest BCUT2D eigenvalue weighted by atomic mass is 10.3. The fourth-order valence-corrected chi connectivity index (χ4v) is 2.55. The van der Waals surface area contributed by atoms with Crippen LogP contribution in [0.2, 0.25) is 0 Å². The predicted octanol–water partition coefficient (Wildman–Crippen LogP) is -0.660. The van der Waals surface area contributed by atoms with E-state index >= 15 is 0 Å². The Kier molecular flexibility index (Phi) is 4.33.